The fourth-order valence-corrected chi connectivity index (χ4v) is 2.60. The van der Waals surface area contributed by atoms with Crippen molar-refractivity contribution in [3.63, 3.8) is 0 Å². The van der Waals surface area contributed by atoms with Crippen LogP contribution in [0.25, 0.3) is 0 Å². The van der Waals surface area contributed by atoms with Crippen LogP contribution in [0.2, 0.25) is 0 Å². The number of fused-ring (bicyclic) bond motifs is 1. The van der Waals surface area contributed by atoms with E-state index in [1.165, 1.54) is 0 Å². The van der Waals surface area contributed by atoms with Gasteiger partial charge in [0.05, 0.1) is 12.0 Å². The Bertz CT molecular complexity index is 411. The molecule has 2 heterocycles. The summed E-state index contributed by atoms with van der Waals surface area (Å²) < 4.78 is 0. The average molecular weight is 269 g/mol. The molecule has 0 bridgehead atoms. The maximum absolute atomic E-state index is 12.3. The van der Waals surface area contributed by atoms with E-state index in [1.54, 1.807) is 9.80 Å². The largest absolute Gasteiger partial charge is 0.409 e. The van der Waals surface area contributed by atoms with Crippen molar-refractivity contribution in [1.82, 2.24) is 15.1 Å². The van der Waals surface area contributed by atoms with Crippen LogP contribution >= 0.6 is 0 Å². The van der Waals surface area contributed by atoms with Crippen molar-refractivity contribution in [2.24, 2.45) is 16.8 Å². The van der Waals surface area contributed by atoms with Crippen LogP contribution in [0.15, 0.2) is 5.16 Å². The summed E-state index contributed by atoms with van der Waals surface area (Å²) in [5.41, 5.74) is 5.54. The molecule has 2 aliphatic rings. The minimum atomic E-state index is -0.596. The highest BCUT2D eigenvalue weighted by Gasteiger charge is 2.38. The molecule has 2 saturated heterocycles. The molecule has 0 aromatic heterocycles. The summed E-state index contributed by atoms with van der Waals surface area (Å²) in [7, 11) is 0. The van der Waals surface area contributed by atoms with Gasteiger partial charge in [0.2, 0.25) is 5.91 Å². The highest BCUT2D eigenvalue weighted by atomic mass is 16.4. The van der Waals surface area contributed by atoms with Gasteiger partial charge in [-0.3, -0.25) is 4.79 Å². The van der Waals surface area contributed by atoms with Gasteiger partial charge < -0.3 is 26.1 Å². The molecule has 0 aromatic carbocycles. The third kappa shape index (κ3) is 2.42. The number of urea groups is 1. The first-order chi connectivity index (χ1) is 9.08. The molecule has 0 saturated carbocycles. The molecule has 0 radical (unpaired) electrons. The van der Waals surface area contributed by atoms with Crippen LogP contribution in [-0.4, -0.2) is 65.0 Å². The fourth-order valence-electron chi connectivity index (χ4n) is 2.60. The summed E-state index contributed by atoms with van der Waals surface area (Å²) in [4.78, 5) is 27.2. The predicted octanol–water partition coefficient (Wildman–Crippen LogP) is -1.00. The van der Waals surface area contributed by atoms with Crippen molar-refractivity contribution in [3.8, 4) is 0 Å². The average Bonchev–Trinajstić information content (AvgIpc) is 2.80. The van der Waals surface area contributed by atoms with E-state index < -0.39 is 5.92 Å². The number of piperazine rings is 1. The molecule has 0 aliphatic carbocycles. The first kappa shape index (κ1) is 13.4. The third-order valence-electron chi connectivity index (χ3n) is 3.72. The Hall–Kier alpha value is -1.99. The Kier molecular flexibility index (Phi) is 3.77. The van der Waals surface area contributed by atoms with Gasteiger partial charge in [-0.15, -0.1) is 0 Å². The minimum absolute atomic E-state index is 0.0231. The van der Waals surface area contributed by atoms with Gasteiger partial charge in [0.25, 0.3) is 0 Å². The van der Waals surface area contributed by atoms with Crippen molar-refractivity contribution < 1.29 is 14.8 Å². The summed E-state index contributed by atoms with van der Waals surface area (Å²) >= 11 is 0. The van der Waals surface area contributed by atoms with E-state index in [4.69, 9.17) is 10.9 Å². The Labute approximate surface area is 111 Å². The number of nitrogens with one attached hydrogen (secondary N) is 1. The van der Waals surface area contributed by atoms with Gasteiger partial charge >= 0.3 is 6.03 Å². The maximum Gasteiger partial charge on any atom is 0.317 e. The lowest BCUT2D eigenvalue weighted by atomic mass is 10.0. The summed E-state index contributed by atoms with van der Waals surface area (Å²) in [6, 6.07) is -0.0458. The standard InChI is InChI=1S/C11H19N5O3/c1-2-8(9(12)14-19)10(17)15-3-4-16-7(6-15)5-13-11(16)18/h7-8,19H,2-6H2,1H3,(H2,12,14)(H,13,18). The number of hydrogen-bond donors (Lipinski definition) is 3. The molecule has 0 spiro atoms. The van der Waals surface area contributed by atoms with E-state index in [1.807, 2.05) is 6.92 Å². The molecule has 2 unspecified atom stereocenters. The SMILES string of the molecule is CCC(C(=O)N1CCN2C(=O)NCC2C1)C(N)=NO. The topological polar surface area (TPSA) is 111 Å². The van der Waals surface area contributed by atoms with Crippen molar-refractivity contribution in [2.45, 2.75) is 19.4 Å². The quantitative estimate of drug-likeness (QED) is 0.264. The van der Waals surface area contributed by atoms with Crippen molar-refractivity contribution in [1.29, 1.82) is 0 Å². The molecule has 19 heavy (non-hydrogen) atoms. The van der Waals surface area contributed by atoms with E-state index >= 15 is 0 Å². The maximum atomic E-state index is 12.3. The number of oxime groups is 1. The lowest BCUT2D eigenvalue weighted by Gasteiger charge is -2.37. The van der Waals surface area contributed by atoms with Crippen LogP contribution in [0, 0.1) is 5.92 Å². The molecule has 8 heteroatoms. The van der Waals surface area contributed by atoms with Crippen LogP contribution in [0.3, 0.4) is 0 Å². The lowest BCUT2D eigenvalue weighted by molar-refractivity contribution is -0.135. The van der Waals surface area contributed by atoms with E-state index in [0.29, 0.717) is 32.6 Å². The zero-order valence-electron chi connectivity index (χ0n) is 10.9. The highest BCUT2D eigenvalue weighted by molar-refractivity contribution is 6.02. The molecular formula is C11H19N5O3. The van der Waals surface area contributed by atoms with Gasteiger partial charge in [0, 0.05) is 26.2 Å². The zero-order valence-corrected chi connectivity index (χ0v) is 10.9. The zero-order chi connectivity index (χ0) is 14.0. The van der Waals surface area contributed by atoms with Gasteiger partial charge in [-0.25, -0.2) is 4.79 Å². The second-order valence-corrected chi connectivity index (χ2v) is 4.80. The number of rotatable bonds is 3. The number of nitrogens with zero attached hydrogens (tertiary/aromatic N) is 3. The van der Waals surface area contributed by atoms with Crippen LogP contribution in [-0.2, 0) is 4.79 Å². The molecule has 3 amide bonds. The van der Waals surface area contributed by atoms with Crippen molar-refractivity contribution in [3.05, 3.63) is 0 Å². The van der Waals surface area contributed by atoms with Crippen LogP contribution in [0.1, 0.15) is 13.3 Å². The third-order valence-corrected chi connectivity index (χ3v) is 3.72. The van der Waals surface area contributed by atoms with E-state index in [2.05, 4.69) is 10.5 Å². The number of amides is 3. The molecule has 2 rings (SSSR count). The Balaban J connectivity index is 2.03. The summed E-state index contributed by atoms with van der Waals surface area (Å²) in [5.74, 6) is -0.797. The van der Waals surface area contributed by atoms with Gasteiger partial charge in [0.15, 0.2) is 5.84 Å². The number of carbonyl (C=O) groups is 2. The monoisotopic (exact) mass is 269 g/mol. The second kappa shape index (κ2) is 5.33. The predicted molar refractivity (Wildman–Crippen MR) is 67.7 cm³/mol. The summed E-state index contributed by atoms with van der Waals surface area (Å²) in [6.45, 7) is 3.88. The van der Waals surface area contributed by atoms with Gasteiger partial charge in [-0.2, -0.15) is 0 Å². The summed E-state index contributed by atoms with van der Waals surface area (Å²) in [5, 5.41) is 14.4. The first-order valence-corrected chi connectivity index (χ1v) is 6.39. The molecular weight excluding hydrogens is 250 g/mol. The van der Waals surface area contributed by atoms with Gasteiger partial charge in [-0.05, 0) is 6.42 Å². The fraction of sp³-hybridized carbons (Fsp3) is 0.727. The molecule has 106 valence electrons. The van der Waals surface area contributed by atoms with Crippen LogP contribution in [0.4, 0.5) is 4.79 Å². The Morgan fingerprint density at radius 1 is 1.63 bits per heavy atom. The molecule has 4 N–H and O–H groups in total. The lowest BCUT2D eigenvalue weighted by Crippen LogP contribution is -2.55. The van der Waals surface area contributed by atoms with Gasteiger partial charge in [-0.1, -0.05) is 12.1 Å². The van der Waals surface area contributed by atoms with E-state index in [-0.39, 0.29) is 23.8 Å². The van der Waals surface area contributed by atoms with E-state index in [0.717, 1.165) is 0 Å². The van der Waals surface area contributed by atoms with Crippen molar-refractivity contribution in [2.75, 3.05) is 26.2 Å². The van der Waals surface area contributed by atoms with Gasteiger partial charge in [0.1, 0.15) is 0 Å². The molecule has 2 fully saturated rings. The number of amidine groups is 1. The van der Waals surface area contributed by atoms with Crippen LogP contribution < -0.4 is 11.1 Å². The van der Waals surface area contributed by atoms with E-state index in [9.17, 15) is 9.59 Å². The normalized spacial score (nSPS) is 25.0. The molecule has 2 atom stereocenters. The molecule has 0 aromatic rings. The molecule has 2 aliphatic heterocycles. The number of carbonyl (C=O) groups excluding carboxylic acids is 2. The second-order valence-electron chi connectivity index (χ2n) is 4.80. The minimum Gasteiger partial charge on any atom is -0.409 e. The highest BCUT2D eigenvalue weighted by Crippen LogP contribution is 2.17. The number of hydrogen-bond acceptors (Lipinski definition) is 4. The number of nitrogens with two attached hydrogens (primary N) is 1. The summed E-state index contributed by atoms with van der Waals surface area (Å²) in [6.07, 6.45) is 0.483. The Morgan fingerprint density at radius 3 is 3.00 bits per heavy atom. The Morgan fingerprint density at radius 2 is 2.37 bits per heavy atom. The van der Waals surface area contributed by atoms with Crippen molar-refractivity contribution >= 4 is 17.8 Å². The first-order valence-electron chi connectivity index (χ1n) is 6.39. The van der Waals surface area contributed by atoms with Crippen LogP contribution in [0.5, 0.6) is 0 Å². The molecule has 8 nitrogen and oxygen atoms in total. The smallest absolute Gasteiger partial charge is 0.317 e.